The van der Waals surface area contributed by atoms with Crippen molar-refractivity contribution in [2.24, 2.45) is 23.7 Å². The van der Waals surface area contributed by atoms with Crippen LogP contribution in [0.25, 0.3) is 0 Å². The van der Waals surface area contributed by atoms with Crippen LogP contribution >= 0.6 is 15.9 Å². The quantitative estimate of drug-likeness (QED) is 0.179. The zero-order chi connectivity index (χ0) is 19.1. The molecule has 2 unspecified atom stereocenters. The molecular formula is C22H45BrO2. The summed E-state index contributed by atoms with van der Waals surface area (Å²) in [5.41, 5.74) is 0. The summed E-state index contributed by atoms with van der Waals surface area (Å²) >= 11 is 3.52. The van der Waals surface area contributed by atoms with Crippen molar-refractivity contribution in [3.8, 4) is 0 Å². The van der Waals surface area contributed by atoms with Crippen molar-refractivity contribution in [1.82, 2.24) is 0 Å². The van der Waals surface area contributed by atoms with Gasteiger partial charge in [0.2, 0.25) is 0 Å². The van der Waals surface area contributed by atoms with Gasteiger partial charge in [0, 0.05) is 0 Å². The van der Waals surface area contributed by atoms with Crippen molar-refractivity contribution in [2.75, 3.05) is 18.5 Å². The first kappa shape index (κ1) is 25.4. The molecule has 0 rings (SSSR count). The van der Waals surface area contributed by atoms with Gasteiger partial charge in [-0.05, 0) is 36.5 Å². The van der Waals surface area contributed by atoms with Crippen LogP contribution in [0.3, 0.4) is 0 Å². The summed E-state index contributed by atoms with van der Waals surface area (Å²) in [4.78, 5) is 0. The van der Waals surface area contributed by atoms with Crippen LogP contribution in [-0.2, 0) is 9.47 Å². The van der Waals surface area contributed by atoms with E-state index in [2.05, 4.69) is 57.5 Å². The molecule has 0 saturated carbocycles. The predicted octanol–water partition coefficient (Wildman–Crippen LogP) is 7.45. The van der Waals surface area contributed by atoms with Crippen LogP contribution in [0.5, 0.6) is 0 Å². The summed E-state index contributed by atoms with van der Waals surface area (Å²) in [5.74, 6) is 3.14. The van der Waals surface area contributed by atoms with Crippen LogP contribution in [0.15, 0.2) is 0 Å². The SMILES string of the molecule is CC(C)CCCC(C)CCOC(CBr)OCCC(C)CCCC(C)C. The summed E-state index contributed by atoms with van der Waals surface area (Å²) in [6.45, 7) is 15.5. The number of rotatable bonds is 17. The Morgan fingerprint density at radius 2 is 1.00 bits per heavy atom. The van der Waals surface area contributed by atoms with Gasteiger partial charge in [-0.3, -0.25) is 0 Å². The van der Waals surface area contributed by atoms with E-state index in [1.54, 1.807) is 0 Å². The number of hydrogen-bond donors (Lipinski definition) is 0. The minimum Gasteiger partial charge on any atom is -0.352 e. The van der Waals surface area contributed by atoms with E-state index < -0.39 is 0 Å². The van der Waals surface area contributed by atoms with Gasteiger partial charge >= 0.3 is 0 Å². The third kappa shape index (κ3) is 17.6. The Morgan fingerprint density at radius 3 is 1.32 bits per heavy atom. The fraction of sp³-hybridized carbons (Fsp3) is 1.00. The predicted molar refractivity (Wildman–Crippen MR) is 114 cm³/mol. The molecule has 0 bridgehead atoms. The zero-order valence-electron chi connectivity index (χ0n) is 17.9. The Morgan fingerprint density at radius 1 is 0.600 bits per heavy atom. The smallest absolute Gasteiger partial charge is 0.167 e. The molecule has 0 aromatic carbocycles. The van der Waals surface area contributed by atoms with Crippen molar-refractivity contribution in [3.63, 3.8) is 0 Å². The highest BCUT2D eigenvalue weighted by Crippen LogP contribution is 2.17. The lowest BCUT2D eigenvalue weighted by atomic mass is 9.98. The van der Waals surface area contributed by atoms with Gasteiger partial charge in [0.15, 0.2) is 6.29 Å². The van der Waals surface area contributed by atoms with Crippen LogP contribution in [0.4, 0.5) is 0 Å². The minimum absolute atomic E-state index is 0.0919. The Labute approximate surface area is 166 Å². The van der Waals surface area contributed by atoms with E-state index in [4.69, 9.17) is 9.47 Å². The third-order valence-electron chi connectivity index (χ3n) is 4.91. The summed E-state index contributed by atoms with van der Waals surface area (Å²) in [7, 11) is 0. The maximum atomic E-state index is 5.91. The van der Waals surface area contributed by atoms with E-state index in [0.29, 0.717) is 0 Å². The van der Waals surface area contributed by atoms with Crippen LogP contribution in [0.2, 0.25) is 0 Å². The molecule has 0 amide bonds. The number of halogens is 1. The lowest BCUT2D eigenvalue weighted by molar-refractivity contribution is -0.130. The Bertz CT molecular complexity index is 255. The van der Waals surface area contributed by atoms with Gasteiger partial charge in [-0.1, -0.05) is 96.0 Å². The van der Waals surface area contributed by atoms with Gasteiger partial charge in [0.25, 0.3) is 0 Å². The zero-order valence-corrected chi connectivity index (χ0v) is 19.4. The molecule has 2 nitrogen and oxygen atoms in total. The van der Waals surface area contributed by atoms with Crippen molar-refractivity contribution in [2.45, 2.75) is 99.2 Å². The summed E-state index contributed by atoms with van der Waals surface area (Å²) < 4.78 is 11.8. The van der Waals surface area contributed by atoms with Crippen molar-refractivity contribution in [1.29, 1.82) is 0 Å². The first-order valence-electron chi connectivity index (χ1n) is 10.6. The fourth-order valence-corrected chi connectivity index (χ4v) is 3.35. The summed E-state index contributed by atoms with van der Waals surface area (Å²) in [6.07, 6.45) is 10.2. The number of alkyl halides is 1. The topological polar surface area (TPSA) is 18.5 Å². The van der Waals surface area contributed by atoms with Gasteiger partial charge < -0.3 is 9.47 Å². The Kier molecular flexibility index (Phi) is 16.8. The molecule has 0 aliphatic rings. The van der Waals surface area contributed by atoms with Gasteiger partial charge in [0.1, 0.15) is 0 Å². The molecule has 2 atom stereocenters. The van der Waals surface area contributed by atoms with E-state index in [1.165, 1.54) is 38.5 Å². The number of ether oxygens (including phenoxy) is 2. The molecule has 0 spiro atoms. The molecule has 0 radical (unpaired) electrons. The second-order valence-electron chi connectivity index (χ2n) is 8.76. The molecule has 0 saturated heterocycles. The molecule has 0 heterocycles. The Balaban J connectivity index is 3.67. The van der Waals surface area contributed by atoms with Crippen LogP contribution in [-0.4, -0.2) is 24.8 Å². The van der Waals surface area contributed by atoms with Crippen molar-refractivity contribution >= 4 is 15.9 Å². The summed E-state index contributed by atoms with van der Waals surface area (Å²) in [5, 5.41) is 0.760. The van der Waals surface area contributed by atoms with Crippen LogP contribution < -0.4 is 0 Å². The van der Waals surface area contributed by atoms with E-state index in [0.717, 1.165) is 55.1 Å². The average Bonchev–Trinajstić information content (AvgIpc) is 2.52. The van der Waals surface area contributed by atoms with Gasteiger partial charge in [-0.15, -0.1) is 0 Å². The molecule has 0 aromatic heterocycles. The molecule has 25 heavy (non-hydrogen) atoms. The molecule has 0 aliphatic carbocycles. The standard InChI is InChI=1S/C22H45BrO2/c1-18(2)9-7-11-20(5)13-15-24-22(17-23)25-16-14-21(6)12-8-10-19(3)4/h18-22H,7-17H2,1-6H3. The largest absolute Gasteiger partial charge is 0.352 e. The van der Waals surface area contributed by atoms with Gasteiger partial charge in [-0.25, -0.2) is 0 Å². The lowest BCUT2D eigenvalue weighted by Crippen LogP contribution is -2.21. The molecule has 0 N–H and O–H groups in total. The molecule has 0 aromatic rings. The summed E-state index contributed by atoms with van der Waals surface area (Å²) in [6, 6.07) is 0. The Hall–Kier alpha value is 0.400. The van der Waals surface area contributed by atoms with E-state index >= 15 is 0 Å². The highest BCUT2D eigenvalue weighted by molar-refractivity contribution is 9.09. The molecule has 0 aliphatic heterocycles. The van der Waals surface area contributed by atoms with Crippen LogP contribution in [0, 0.1) is 23.7 Å². The minimum atomic E-state index is -0.0919. The van der Waals surface area contributed by atoms with E-state index in [-0.39, 0.29) is 6.29 Å². The molecule has 152 valence electrons. The van der Waals surface area contributed by atoms with Crippen molar-refractivity contribution < 1.29 is 9.47 Å². The highest BCUT2D eigenvalue weighted by Gasteiger charge is 2.11. The first-order chi connectivity index (χ1) is 11.8. The molecule has 3 heteroatoms. The van der Waals surface area contributed by atoms with E-state index in [1.807, 2.05) is 0 Å². The normalized spacial score (nSPS) is 15.7. The first-order valence-corrected chi connectivity index (χ1v) is 11.8. The second-order valence-corrected chi connectivity index (χ2v) is 9.41. The second kappa shape index (κ2) is 16.6. The lowest BCUT2D eigenvalue weighted by Gasteiger charge is -2.19. The van der Waals surface area contributed by atoms with Gasteiger partial charge in [0.05, 0.1) is 18.5 Å². The van der Waals surface area contributed by atoms with Crippen LogP contribution in [0.1, 0.15) is 92.9 Å². The molecular weight excluding hydrogens is 376 g/mol. The maximum Gasteiger partial charge on any atom is 0.167 e. The fourth-order valence-electron chi connectivity index (χ4n) is 2.98. The molecule has 0 fully saturated rings. The third-order valence-corrected chi connectivity index (χ3v) is 5.44. The van der Waals surface area contributed by atoms with E-state index in [9.17, 15) is 0 Å². The monoisotopic (exact) mass is 420 g/mol. The highest BCUT2D eigenvalue weighted by atomic mass is 79.9. The number of hydrogen-bond acceptors (Lipinski definition) is 2. The van der Waals surface area contributed by atoms with Crippen molar-refractivity contribution in [3.05, 3.63) is 0 Å². The maximum absolute atomic E-state index is 5.91. The average molecular weight is 422 g/mol. The van der Waals surface area contributed by atoms with Gasteiger partial charge in [-0.2, -0.15) is 0 Å².